The number of benzene rings is 1. The number of nitrogens with one attached hydrogen (secondary N) is 1. The summed E-state index contributed by atoms with van der Waals surface area (Å²) < 4.78 is 25.7. The maximum Gasteiger partial charge on any atom is 0.249 e. The molecule has 0 fully saturated rings. The fourth-order valence-electron chi connectivity index (χ4n) is 3.03. The van der Waals surface area contributed by atoms with E-state index in [0.717, 1.165) is 0 Å². The molecule has 0 aliphatic rings. The van der Waals surface area contributed by atoms with Crippen LogP contribution in [0.15, 0.2) is 60.4 Å². The Kier molecular flexibility index (Phi) is 7.72. The van der Waals surface area contributed by atoms with E-state index >= 15 is 0 Å². The zero-order valence-electron chi connectivity index (χ0n) is 18.0. The van der Waals surface area contributed by atoms with Crippen LogP contribution in [-0.2, 0) is 20.4 Å². The van der Waals surface area contributed by atoms with Gasteiger partial charge in [-0.2, -0.15) is 0 Å². The molecule has 8 heteroatoms. The molecule has 0 radical (unpaired) electrons. The molecule has 1 amide bonds. The minimum absolute atomic E-state index is 0.170. The Labute approximate surface area is 179 Å². The summed E-state index contributed by atoms with van der Waals surface area (Å²) in [6.45, 7) is 11.8. The highest BCUT2D eigenvalue weighted by molar-refractivity contribution is 7.90. The van der Waals surface area contributed by atoms with Crippen LogP contribution in [0.2, 0.25) is 0 Å². The van der Waals surface area contributed by atoms with Gasteiger partial charge in [-0.25, -0.2) is 18.4 Å². The second kappa shape index (κ2) is 9.84. The van der Waals surface area contributed by atoms with E-state index in [4.69, 9.17) is 0 Å². The lowest BCUT2D eigenvalue weighted by molar-refractivity contribution is -0.123. The molecule has 0 saturated heterocycles. The number of likely N-dealkylation sites (N-methyl/N-ethyl adjacent to an activating group) is 1. The summed E-state index contributed by atoms with van der Waals surface area (Å²) in [5, 5.41) is 2.72. The Bertz CT molecular complexity index is 969. The summed E-state index contributed by atoms with van der Waals surface area (Å²) in [4.78, 5) is 22.9. The van der Waals surface area contributed by atoms with Crippen LogP contribution < -0.4 is 10.2 Å². The van der Waals surface area contributed by atoms with Crippen molar-refractivity contribution in [1.82, 2.24) is 15.3 Å². The van der Waals surface area contributed by atoms with Gasteiger partial charge in [0.15, 0.2) is 0 Å². The summed E-state index contributed by atoms with van der Waals surface area (Å²) >= 11 is 0. The Morgan fingerprint density at radius 3 is 2.47 bits per heavy atom. The standard InChI is InChI=1S/C22H30N4O3S/c1-6-11-18(20(27)25-22(3,4)5)26(7-2)19-14-15-23-21(24-19)30(28,29)16-17-12-9-8-10-13-17/h6,8-10,12-15,18H,1,7,11,16H2,2-5H3,(H,25,27). The van der Waals surface area contributed by atoms with Crippen LogP contribution in [0.4, 0.5) is 5.82 Å². The van der Waals surface area contributed by atoms with Crippen LogP contribution in [0.25, 0.3) is 0 Å². The molecule has 1 unspecified atom stereocenters. The molecule has 0 spiro atoms. The Balaban J connectivity index is 2.36. The van der Waals surface area contributed by atoms with E-state index < -0.39 is 21.4 Å². The first-order chi connectivity index (χ1) is 14.1. The second-order valence-electron chi connectivity index (χ2n) is 8.01. The first-order valence-electron chi connectivity index (χ1n) is 9.86. The molecule has 1 N–H and O–H groups in total. The van der Waals surface area contributed by atoms with Crippen LogP contribution in [-0.4, -0.2) is 42.4 Å². The molecular formula is C22H30N4O3S. The lowest BCUT2D eigenvalue weighted by Crippen LogP contribution is -2.52. The Hall–Kier alpha value is -2.74. The van der Waals surface area contributed by atoms with Crippen molar-refractivity contribution in [2.75, 3.05) is 11.4 Å². The third-order valence-corrected chi connectivity index (χ3v) is 5.76. The lowest BCUT2D eigenvalue weighted by Gasteiger charge is -2.33. The second-order valence-corrected chi connectivity index (χ2v) is 9.89. The van der Waals surface area contributed by atoms with E-state index in [1.54, 1.807) is 41.3 Å². The van der Waals surface area contributed by atoms with Gasteiger partial charge < -0.3 is 10.2 Å². The summed E-state index contributed by atoms with van der Waals surface area (Å²) in [5.41, 5.74) is 0.263. The fraction of sp³-hybridized carbons (Fsp3) is 0.409. The molecule has 0 aliphatic carbocycles. The highest BCUT2D eigenvalue weighted by Gasteiger charge is 2.29. The van der Waals surface area contributed by atoms with Crippen molar-refractivity contribution in [3.63, 3.8) is 0 Å². The molecular weight excluding hydrogens is 400 g/mol. The van der Waals surface area contributed by atoms with E-state index in [9.17, 15) is 13.2 Å². The third kappa shape index (κ3) is 6.38. The first-order valence-corrected chi connectivity index (χ1v) is 11.5. The number of hydrogen-bond donors (Lipinski definition) is 1. The molecule has 2 aromatic rings. The largest absolute Gasteiger partial charge is 0.350 e. The summed E-state index contributed by atoms with van der Waals surface area (Å²) in [6, 6.07) is 9.95. The fourth-order valence-corrected chi connectivity index (χ4v) is 4.24. The normalized spacial score (nSPS) is 12.8. The number of aromatic nitrogens is 2. The van der Waals surface area contributed by atoms with Gasteiger partial charge in [-0.1, -0.05) is 36.4 Å². The minimum Gasteiger partial charge on any atom is -0.350 e. The minimum atomic E-state index is -3.73. The predicted molar refractivity (Wildman–Crippen MR) is 119 cm³/mol. The van der Waals surface area contributed by atoms with Gasteiger partial charge in [-0.3, -0.25) is 4.79 Å². The van der Waals surface area contributed by atoms with Crippen LogP contribution in [0.1, 0.15) is 39.7 Å². The molecule has 1 atom stereocenters. The zero-order valence-corrected chi connectivity index (χ0v) is 18.8. The number of amides is 1. The lowest BCUT2D eigenvalue weighted by atomic mass is 10.1. The van der Waals surface area contributed by atoms with Gasteiger partial charge >= 0.3 is 0 Å². The number of sulfone groups is 1. The summed E-state index contributed by atoms with van der Waals surface area (Å²) in [5.74, 6) is 0.0240. The monoisotopic (exact) mass is 430 g/mol. The Morgan fingerprint density at radius 2 is 1.90 bits per heavy atom. The van der Waals surface area contributed by atoms with Gasteiger partial charge in [-0.15, -0.1) is 6.58 Å². The topological polar surface area (TPSA) is 92.3 Å². The van der Waals surface area contributed by atoms with Gasteiger partial charge in [0.2, 0.25) is 20.9 Å². The van der Waals surface area contributed by atoms with Crippen LogP contribution in [0.3, 0.4) is 0 Å². The molecule has 0 bridgehead atoms. The highest BCUT2D eigenvalue weighted by Crippen LogP contribution is 2.20. The molecule has 1 aromatic heterocycles. The van der Waals surface area contributed by atoms with Crippen molar-refractivity contribution in [2.45, 2.75) is 56.6 Å². The molecule has 7 nitrogen and oxygen atoms in total. The van der Waals surface area contributed by atoms with Crippen molar-refractivity contribution >= 4 is 21.6 Å². The van der Waals surface area contributed by atoms with Crippen molar-refractivity contribution in [3.05, 3.63) is 60.8 Å². The van der Waals surface area contributed by atoms with Crippen molar-refractivity contribution in [3.8, 4) is 0 Å². The van der Waals surface area contributed by atoms with Crippen molar-refractivity contribution in [2.24, 2.45) is 0 Å². The predicted octanol–water partition coefficient (Wildman–Crippen LogP) is 3.14. The number of rotatable bonds is 9. The van der Waals surface area contributed by atoms with Gasteiger partial charge in [0, 0.05) is 18.3 Å². The van der Waals surface area contributed by atoms with Crippen molar-refractivity contribution in [1.29, 1.82) is 0 Å². The van der Waals surface area contributed by atoms with Crippen molar-refractivity contribution < 1.29 is 13.2 Å². The van der Waals surface area contributed by atoms with Gasteiger partial charge in [0.05, 0.1) is 5.75 Å². The van der Waals surface area contributed by atoms with Crippen LogP contribution in [0.5, 0.6) is 0 Å². The van der Waals surface area contributed by atoms with Gasteiger partial charge in [0.25, 0.3) is 0 Å². The number of carbonyl (C=O) groups excluding carboxylic acids is 1. The zero-order chi connectivity index (χ0) is 22.4. The maximum atomic E-state index is 12.9. The van der Waals surface area contributed by atoms with E-state index in [1.165, 1.54) is 6.20 Å². The number of nitrogens with zero attached hydrogens (tertiary/aromatic N) is 3. The van der Waals surface area contributed by atoms with Crippen LogP contribution in [0, 0.1) is 0 Å². The molecule has 30 heavy (non-hydrogen) atoms. The summed E-state index contributed by atoms with van der Waals surface area (Å²) in [6.07, 6.45) is 3.48. The average Bonchev–Trinajstić information content (AvgIpc) is 2.67. The number of anilines is 1. The molecule has 1 heterocycles. The number of carbonyl (C=O) groups is 1. The molecule has 1 aromatic carbocycles. The van der Waals surface area contributed by atoms with Crippen LogP contribution >= 0.6 is 0 Å². The van der Waals surface area contributed by atoms with Gasteiger partial charge in [-0.05, 0) is 45.7 Å². The molecule has 2 rings (SSSR count). The Morgan fingerprint density at radius 1 is 1.23 bits per heavy atom. The molecule has 162 valence electrons. The smallest absolute Gasteiger partial charge is 0.249 e. The molecule has 0 saturated carbocycles. The molecule has 0 aliphatic heterocycles. The first kappa shape index (κ1) is 23.5. The summed E-state index contributed by atoms with van der Waals surface area (Å²) in [7, 11) is -3.73. The third-order valence-electron chi connectivity index (χ3n) is 4.30. The van der Waals surface area contributed by atoms with Gasteiger partial charge in [0.1, 0.15) is 11.9 Å². The van der Waals surface area contributed by atoms with E-state index in [2.05, 4.69) is 21.9 Å². The average molecular weight is 431 g/mol. The maximum absolute atomic E-state index is 12.9. The highest BCUT2D eigenvalue weighted by atomic mass is 32.2. The number of hydrogen-bond acceptors (Lipinski definition) is 6. The van der Waals surface area contributed by atoms with E-state index in [0.29, 0.717) is 24.3 Å². The van der Waals surface area contributed by atoms with E-state index in [1.807, 2.05) is 33.8 Å². The van der Waals surface area contributed by atoms with E-state index in [-0.39, 0.29) is 16.8 Å². The SMILES string of the molecule is C=CCC(C(=O)NC(C)(C)C)N(CC)c1ccnc(S(=O)(=O)Cc2ccccc2)n1. The quantitative estimate of drug-likeness (QED) is 0.485.